The Labute approximate surface area is 295 Å². The van der Waals surface area contributed by atoms with Crippen molar-refractivity contribution < 1.29 is 8.83 Å². The fraction of sp³-hybridized carbons (Fsp3) is 0. The van der Waals surface area contributed by atoms with Crippen molar-refractivity contribution in [1.82, 2.24) is 15.0 Å². The molecule has 11 aromatic rings. The normalized spacial score (nSPS) is 11.9. The Morgan fingerprint density at radius 1 is 0.353 bits per heavy atom. The quantitative estimate of drug-likeness (QED) is 0.186. The lowest BCUT2D eigenvalue weighted by molar-refractivity contribution is 0.668. The smallest absolute Gasteiger partial charge is 0.164 e. The third kappa shape index (κ3) is 4.43. The second-order valence-electron chi connectivity index (χ2n) is 12.8. The van der Waals surface area contributed by atoms with Crippen LogP contribution in [-0.2, 0) is 0 Å². The molecule has 0 saturated carbocycles. The molecule has 238 valence electrons. The van der Waals surface area contributed by atoms with Gasteiger partial charge in [0.05, 0.1) is 0 Å². The van der Waals surface area contributed by atoms with Crippen molar-refractivity contribution in [3.63, 3.8) is 0 Å². The molecule has 7 aromatic carbocycles. The topological polar surface area (TPSA) is 65.0 Å². The van der Waals surface area contributed by atoms with E-state index in [9.17, 15) is 0 Å². The van der Waals surface area contributed by atoms with Crippen molar-refractivity contribution in [3.05, 3.63) is 152 Å². The largest absolute Gasteiger partial charge is 0.456 e. The van der Waals surface area contributed by atoms with Crippen LogP contribution in [0.4, 0.5) is 0 Å². The van der Waals surface area contributed by atoms with Crippen LogP contribution in [0, 0.1) is 0 Å². The van der Waals surface area contributed by atoms with E-state index in [1.165, 1.54) is 20.2 Å². The zero-order valence-corrected chi connectivity index (χ0v) is 27.8. The van der Waals surface area contributed by atoms with Gasteiger partial charge in [-0.3, -0.25) is 0 Å². The third-order valence-electron chi connectivity index (χ3n) is 9.75. The fourth-order valence-electron chi connectivity index (χ4n) is 7.40. The second kappa shape index (κ2) is 10.9. The van der Waals surface area contributed by atoms with Crippen LogP contribution in [0.15, 0.2) is 160 Å². The predicted molar refractivity (Wildman–Crippen MR) is 209 cm³/mol. The monoisotopic (exact) mass is 671 g/mol. The van der Waals surface area contributed by atoms with Crippen LogP contribution in [0.25, 0.3) is 109 Å². The standard InChI is InChI=1S/C45H25N3O2S/c1-2-10-26(11-3-1)43-46-44(28-21-23-40-34(24-28)30-12-5-7-19-39(30)51-40)48-45(47-43)33-15-9-18-37-42(33)32-22-20-27(25-38(32)50-37)29-14-8-17-36-41(29)31-13-4-6-16-35(31)49-36/h1-25H. The van der Waals surface area contributed by atoms with Gasteiger partial charge < -0.3 is 8.83 Å². The first kappa shape index (κ1) is 28.2. The number of hydrogen-bond acceptors (Lipinski definition) is 6. The van der Waals surface area contributed by atoms with Gasteiger partial charge in [-0.05, 0) is 65.7 Å². The van der Waals surface area contributed by atoms with Gasteiger partial charge in [0.2, 0.25) is 0 Å². The number of para-hydroxylation sites is 1. The van der Waals surface area contributed by atoms with Crippen molar-refractivity contribution in [2.75, 3.05) is 0 Å². The van der Waals surface area contributed by atoms with E-state index in [0.717, 1.165) is 71.7 Å². The summed E-state index contributed by atoms with van der Waals surface area (Å²) in [4.78, 5) is 15.3. The minimum absolute atomic E-state index is 0.598. The molecule has 0 aliphatic heterocycles. The second-order valence-corrected chi connectivity index (χ2v) is 13.8. The van der Waals surface area contributed by atoms with E-state index in [4.69, 9.17) is 23.8 Å². The van der Waals surface area contributed by atoms with E-state index in [-0.39, 0.29) is 0 Å². The average molecular weight is 672 g/mol. The molecule has 0 aliphatic rings. The summed E-state index contributed by atoms with van der Waals surface area (Å²) in [6.07, 6.45) is 0. The molecule has 0 N–H and O–H groups in total. The Morgan fingerprint density at radius 3 is 1.82 bits per heavy atom. The lowest BCUT2D eigenvalue weighted by atomic mass is 9.98. The molecule has 0 saturated heterocycles. The number of nitrogens with zero attached hydrogens (tertiary/aromatic N) is 3. The number of fused-ring (bicyclic) bond motifs is 9. The maximum atomic E-state index is 6.57. The first-order chi connectivity index (χ1) is 25.2. The molecule has 4 aromatic heterocycles. The fourth-order valence-corrected chi connectivity index (χ4v) is 8.49. The lowest BCUT2D eigenvalue weighted by Crippen LogP contribution is -2.00. The zero-order chi connectivity index (χ0) is 33.5. The van der Waals surface area contributed by atoms with Crippen LogP contribution < -0.4 is 0 Å². The highest BCUT2D eigenvalue weighted by molar-refractivity contribution is 7.25. The van der Waals surface area contributed by atoms with Crippen molar-refractivity contribution in [2.45, 2.75) is 0 Å². The summed E-state index contributed by atoms with van der Waals surface area (Å²) >= 11 is 1.80. The van der Waals surface area contributed by atoms with Gasteiger partial charge in [-0.25, -0.2) is 15.0 Å². The van der Waals surface area contributed by atoms with Crippen LogP contribution in [-0.4, -0.2) is 15.0 Å². The number of thiophene rings is 1. The van der Waals surface area contributed by atoms with Gasteiger partial charge in [0.15, 0.2) is 17.5 Å². The molecule has 4 heterocycles. The summed E-state index contributed by atoms with van der Waals surface area (Å²) in [6, 6.07) is 52.1. The van der Waals surface area contributed by atoms with E-state index in [2.05, 4.69) is 84.9 Å². The molecule has 11 rings (SSSR count). The molecule has 0 spiro atoms. The van der Waals surface area contributed by atoms with Crippen LogP contribution in [0.5, 0.6) is 0 Å². The lowest BCUT2D eigenvalue weighted by Gasteiger charge is -2.09. The molecule has 5 nitrogen and oxygen atoms in total. The third-order valence-corrected chi connectivity index (χ3v) is 10.9. The SMILES string of the molecule is c1ccc(-c2nc(-c3ccc4sc5ccccc5c4c3)nc(-c3cccc4oc5cc(-c6cccc7oc8ccccc8c67)ccc5c34)n2)cc1. The minimum Gasteiger partial charge on any atom is -0.456 e. The predicted octanol–water partition coefficient (Wildman–Crippen LogP) is 12.7. The number of hydrogen-bond donors (Lipinski definition) is 0. The summed E-state index contributed by atoms with van der Waals surface area (Å²) in [6.45, 7) is 0. The Morgan fingerprint density at radius 2 is 0.961 bits per heavy atom. The van der Waals surface area contributed by atoms with Gasteiger partial charge in [-0.2, -0.15) is 0 Å². The molecule has 0 unspecified atom stereocenters. The van der Waals surface area contributed by atoms with Crippen molar-refractivity contribution in [1.29, 1.82) is 0 Å². The Bertz CT molecular complexity index is 3160. The van der Waals surface area contributed by atoms with E-state index in [1.54, 1.807) is 11.3 Å². The molecule has 0 bridgehead atoms. The maximum absolute atomic E-state index is 6.57. The van der Waals surface area contributed by atoms with Gasteiger partial charge in [0.25, 0.3) is 0 Å². The van der Waals surface area contributed by atoms with Crippen molar-refractivity contribution >= 4 is 75.4 Å². The highest BCUT2D eigenvalue weighted by Gasteiger charge is 2.20. The summed E-state index contributed by atoms with van der Waals surface area (Å²) in [7, 11) is 0. The average Bonchev–Trinajstić information content (AvgIpc) is 3.88. The first-order valence-corrected chi connectivity index (χ1v) is 17.7. The van der Waals surface area contributed by atoms with Crippen molar-refractivity contribution in [2.24, 2.45) is 0 Å². The van der Waals surface area contributed by atoms with Gasteiger partial charge in [0, 0.05) is 58.4 Å². The highest BCUT2D eigenvalue weighted by Crippen LogP contribution is 2.42. The van der Waals surface area contributed by atoms with Crippen LogP contribution in [0.1, 0.15) is 0 Å². The summed E-state index contributed by atoms with van der Waals surface area (Å²) < 4.78 is 15.3. The van der Waals surface area contributed by atoms with Crippen molar-refractivity contribution in [3.8, 4) is 45.3 Å². The molecular weight excluding hydrogens is 647 g/mol. The Hall–Kier alpha value is -6.63. The summed E-state index contributed by atoms with van der Waals surface area (Å²) in [5.41, 5.74) is 8.26. The minimum atomic E-state index is 0.598. The summed E-state index contributed by atoms with van der Waals surface area (Å²) in [5, 5.41) is 6.62. The van der Waals surface area contributed by atoms with Crippen LogP contribution >= 0.6 is 11.3 Å². The molecule has 0 amide bonds. The maximum Gasteiger partial charge on any atom is 0.164 e. The van der Waals surface area contributed by atoms with E-state index < -0.39 is 0 Å². The number of aromatic nitrogens is 3. The Balaban J connectivity index is 1.11. The molecule has 0 radical (unpaired) electrons. The van der Waals surface area contributed by atoms with E-state index >= 15 is 0 Å². The van der Waals surface area contributed by atoms with Gasteiger partial charge >= 0.3 is 0 Å². The molecule has 0 atom stereocenters. The number of furan rings is 2. The molecule has 0 fully saturated rings. The van der Waals surface area contributed by atoms with E-state index in [0.29, 0.717) is 17.5 Å². The van der Waals surface area contributed by atoms with Gasteiger partial charge in [0.1, 0.15) is 22.3 Å². The zero-order valence-electron chi connectivity index (χ0n) is 27.0. The van der Waals surface area contributed by atoms with Gasteiger partial charge in [-0.1, -0.05) is 97.1 Å². The molecular formula is C45H25N3O2S. The van der Waals surface area contributed by atoms with E-state index in [1.807, 2.05) is 66.7 Å². The van der Waals surface area contributed by atoms with Crippen LogP contribution in [0.3, 0.4) is 0 Å². The number of rotatable bonds is 4. The molecule has 51 heavy (non-hydrogen) atoms. The molecule has 6 heteroatoms. The number of benzene rings is 7. The summed E-state index contributed by atoms with van der Waals surface area (Å²) in [5.74, 6) is 1.85. The van der Waals surface area contributed by atoms with Gasteiger partial charge in [-0.15, -0.1) is 11.3 Å². The highest BCUT2D eigenvalue weighted by atomic mass is 32.1. The van der Waals surface area contributed by atoms with Crippen LogP contribution in [0.2, 0.25) is 0 Å². The first-order valence-electron chi connectivity index (χ1n) is 16.8. The molecule has 0 aliphatic carbocycles. The Kier molecular flexibility index (Phi) is 6.05.